The van der Waals surface area contributed by atoms with E-state index in [1.165, 1.54) is 12.1 Å². The van der Waals surface area contributed by atoms with Gasteiger partial charge in [-0.25, -0.2) is 4.39 Å². The minimum atomic E-state index is -0.559. The standard InChI is InChI=1S/C23H19FN2O2S/c1-15-6-12-18(13-7-15)26-21(27)14-29-23(26)16-8-10-17(11-9-16)25-22(28)19-4-2-3-5-20(19)24/h2-13,23H,14H2,1H3,(H,25,28)/t23-/m1/s1. The molecule has 0 aromatic heterocycles. The van der Waals surface area contributed by atoms with E-state index in [4.69, 9.17) is 0 Å². The largest absolute Gasteiger partial charge is 0.322 e. The van der Waals surface area contributed by atoms with Crippen LogP contribution in [0, 0.1) is 12.7 Å². The van der Waals surface area contributed by atoms with Gasteiger partial charge in [0, 0.05) is 11.4 Å². The Morgan fingerprint density at radius 3 is 2.41 bits per heavy atom. The summed E-state index contributed by atoms with van der Waals surface area (Å²) in [5, 5.41) is 2.58. The van der Waals surface area contributed by atoms with Gasteiger partial charge in [-0.1, -0.05) is 42.0 Å². The summed E-state index contributed by atoms with van der Waals surface area (Å²) >= 11 is 1.57. The zero-order chi connectivity index (χ0) is 20.4. The summed E-state index contributed by atoms with van der Waals surface area (Å²) in [5.41, 5.74) is 3.54. The topological polar surface area (TPSA) is 49.4 Å². The summed E-state index contributed by atoms with van der Waals surface area (Å²) in [6.45, 7) is 2.01. The van der Waals surface area contributed by atoms with Crippen molar-refractivity contribution in [3.63, 3.8) is 0 Å². The minimum Gasteiger partial charge on any atom is -0.322 e. The summed E-state index contributed by atoms with van der Waals surface area (Å²) in [7, 11) is 0. The van der Waals surface area contributed by atoms with Crippen LogP contribution in [-0.2, 0) is 4.79 Å². The molecule has 0 saturated carbocycles. The predicted octanol–water partition coefficient (Wildman–Crippen LogP) is 5.17. The molecule has 0 spiro atoms. The van der Waals surface area contributed by atoms with E-state index in [-0.39, 0.29) is 16.8 Å². The van der Waals surface area contributed by atoms with Gasteiger partial charge in [-0.2, -0.15) is 0 Å². The summed E-state index contributed by atoms with van der Waals surface area (Å²) in [4.78, 5) is 26.5. The zero-order valence-electron chi connectivity index (χ0n) is 15.8. The first-order valence-electron chi connectivity index (χ1n) is 9.19. The molecule has 1 aliphatic rings. The lowest BCUT2D eigenvalue weighted by atomic mass is 10.1. The van der Waals surface area contributed by atoms with Crippen LogP contribution in [0.25, 0.3) is 0 Å². The Morgan fingerprint density at radius 1 is 1.03 bits per heavy atom. The number of anilines is 2. The van der Waals surface area contributed by atoms with Gasteiger partial charge in [0.25, 0.3) is 5.91 Å². The maximum atomic E-state index is 13.8. The zero-order valence-corrected chi connectivity index (χ0v) is 16.6. The molecule has 6 heteroatoms. The van der Waals surface area contributed by atoms with E-state index in [2.05, 4.69) is 5.32 Å². The lowest BCUT2D eigenvalue weighted by Crippen LogP contribution is -2.27. The van der Waals surface area contributed by atoms with Gasteiger partial charge in [0.15, 0.2) is 0 Å². The molecule has 4 rings (SSSR count). The number of hydrogen-bond acceptors (Lipinski definition) is 3. The van der Waals surface area contributed by atoms with E-state index >= 15 is 0 Å². The van der Waals surface area contributed by atoms with E-state index in [9.17, 15) is 14.0 Å². The van der Waals surface area contributed by atoms with Gasteiger partial charge in [0.2, 0.25) is 5.91 Å². The molecule has 1 atom stereocenters. The van der Waals surface area contributed by atoms with Crippen LogP contribution in [0.4, 0.5) is 15.8 Å². The number of hydrogen-bond donors (Lipinski definition) is 1. The van der Waals surface area contributed by atoms with Gasteiger partial charge < -0.3 is 5.32 Å². The molecule has 4 nitrogen and oxygen atoms in total. The average molecular weight is 406 g/mol. The van der Waals surface area contributed by atoms with Crippen LogP contribution < -0.4 is 10.2 Å². The predicted molar refractivity (Wildman–Crippen MR) is 115 cm³/mol. The Bertz CT molecular complexity index is 1050. The van der Waals surface area contributed by atoms with E-state index in [0.717, 1.165) is 16.8 Å². The highest BCUT2D eigenvalue weighted by atomic mass is 32.2. The fraction of sp³-hybridized carbons (Fsp3) is 0.130. The molecule has 146 valence electrons. The molecule has 0 bridgehead atoms. The number of amides is 2. The Balaban J connectivity index is 1.52. The second kappa shape index (κ2) is 8.09. The lowest BCUT2D eigenvalue weighted by Gasteiger charge is -2.24. The van der Waals surface area contributed by atoms with Crippen molar-refractivity contribution in [2.45, 2.75) is 12.3 Å². The third-order valence-corrected chi connectivity index (χ3v) is 5.96. The van der Waals surface area contributed by atoms with Crippen LogP contribution in [-0.4, -0.2) is 17.6 Å². The number of carbonyl (C=O) groups excluding carboxylic acids is 2. The van der Waals surface area contributed by atoms with Crippen LogP contribution in [0.15, 0.2) is 72.8 Å². The molecular formula is C23H19FN2O2S. The van der Waals surface area contributed by atoms with Crippen molar-refractivity contribution in [3.05, 3.63) is 95.3 Å². The summed E-state index contributed by atoms with van der Waals surface area (Å²) in [6.07, 6.45) is 0. The third-order valence-electron chi connectivity index (χ3n) is 4.75. The molecule has 0 unspecified atom stereocenters. The van der Waals surface area contributed by atoms with Gasteiger partial charge in [-0.05, 0) is 48.9 Å². The normalized spacial score (nSPS) is 16.1. The Kier molecular flexibility index (Phi) is 5.36. The molecule has 3 aromatic rings. The van der Waals surface area contributed by atoms with E-state index in [0.29, 0.717) is 11.4 Å². The Morgan fingerprint density at radius 2 is 1.72 bits per heavy atom. The Hall–Kier alpha value is -3.12. The van der Waals surface area contributed by atoms with E-state index in [1.54, 1.807) is 40.9 Å². The van der Waals surface area contributed by atoms with Crippen molar-refractivity contribution in [3.8, 4) is 0 Å². The van der Waals surface area contributed by atoms with Crippen LogP contribution in [0.5, 0.6) is 0 Å². The van der Waals surface area contributed by atoms with Crippen molar-refractivity contribution in [2.75, 3.05) is 16.0 Å². The number of rotatable bonds is 4. The van der Waals surface area contributed by atoms with Gasteiger partial charge in [-0.15, -0.1) is 11.8 Å². The third kappa shape index (κ3) is 4.03. The van der Waals surface area contributed by atoms with Crippen LogP contribution in [0.3, 0.4) is 0 Å². The summed E-state index contributed by atoms with van der Waals surface area (Å²) in [6, 6.07) is 21.1. The number of halogens is 1. The number of aryl methyl sites for hydroxylation is 1. The van der Waals surface area contributed by atoms with Gasteiger partial charge >= 0.3 is 0 Å². The highest BCUT2D eigenvalue weighted by Crippen LogP contribution is 2.41. The first kappa shape index (κ1) is 19.2. The van der Waals surface area contributed by atoms with Gasteiger partial charge in [0.1, 0.15) is 11.2 Å². The van der Waals surface area contributed by atoms with Crippen molar-refractivity contribution < 1.29 is 14.0 Å². The molecule has 1 saturated heterocycles. The molecule has 1 heterocycles. The van der Waals surface area contributed by atoms with Crippen molar-refractivity contribution in [1.29, 1.82) is 0 Å². The molecule has 3 aromatic carbocycles. The fourth-order valence-electron chi connectivity index (χ4n) is 3.23. The number of nitrogens with zero attached hydrogens (tertiary/aromatic N) is 1. The second-order valence-corrected chi connectivity index (χ2v) is 7.89. The highest BCUT2D eigenvalue weighted by molar-refractivity contribution is 8.00. The molecular weight excluding hydrogens is 387 g/mol. The summed E-state index contributed by atoms with van der Waals surface area (Å²) in [5.74, 6) is -0.566. The number of carbonyl (C=O) groups is 2. The molecule has 0 radical (unpaired) electrons. The van der Waals surface area contributed by atoms with E-state index in [1.807, 2.05) is 43.3 Å². The van der Waals surface area contributed by atoms with Crippen LogP contribution >= 0.6 is 11.8 Å². The highest BCUT2D eigenvalue weighted by Gasteiger charge is 2.33. The maximum Gasteiger partial charge on any atom is 0.258 e. The average Bonchev–Trinajstić information content (AvgIpc) is 3.11. The SMILES string of the molecule is Cc1ccc(N2C(=O)CS[C@@H]2c2ccc(NC(=O)c3ccccc3F)cc2)cc1. The monoisotopic (exact) mass is 406 g/mol. The number of benzene rings is 3. The van der Waals surface area contributed by atoms with Crippen molar-refractivity contribution in [2.24, 2.45) is 0 Å². The Labute approximate surface area is 172 Å². The smallest absolute Gasteiger partial charge is 0.258 e. The lowest BCUT2D eigenvalue weighted by molar-refractivity contribution is -0.115. The van der Waals surface area contributed by atoms with Gasteiger partial charge in [0.05, 0.1) is 11.3 Å². The first-order valence-corrected chi connectivity index (χ1v) is 10.2. The van der Waals surface area contributed by atoms with Gasteiger partial charge in [-0.3, -0.25) is 14.5 Å². The van der Waals surface area contributed by atoms with Crippen LogP contribution in [0.1, 0.15) is 26.9 Å². The van der Waals surface area contributed by atoms with Crippen LogP contribution in [0.2, 0.25) is 0 Å². The number of nitrogens with one attached hydrogen (secondary N) is 1. The number of thioether (sulfide) groups is 1. The fourth-order valence-corrected chi connectivity index (χ4v) is 4.41. The molecule has 0 aliphatic carbocycles. The maximum absolute atomic E-state index is 13.8. The van der Waals surface area contributed by atoms with Crippen molar-refractivity contribution in [1.82, 2.24) is 0 Å². The second-order valence-electron chi connectivity index (χ2n) is 6.82. The van der Waals surface area contributed by atoms with Crippen molar-refractivity contribution >= 4 is 35.0 Å². The van der Waals surface area contributed by atoms with E-state index < -0.39 is 11.7 Å². The quantitative estimate of drug-likeness (QED) is 0.651. The first-order chi connectivity index (χ1) is 14.0. The molecule has 1 aliphatic heterocycles. The summed E-state index contributed by atoms with van der Waals surface area (Å²) < 4.78 is 13.8. The minimum absolute atomic E-state index is 0.000863. The molecule has 1 N–H and O–H groups in total. The molecule has 2 amide bonds. The molecule has 29 heavy (non-hydrogen) atoms. The molecule has 1 fully saturated rings.